The van der Waals surface area contributed by atoms with Gasteiger partial charge in [-0.2, -0.15) is 0 Å². The fourth-order valence-electron chi connectivity index (χ4n) is 2.58. The summed E-state index contributed by atoms with van der Waals surface area (Å²) in [4.78, 5) is 18.5. The Morgan fingerprint density at radius 3 is 2.73 bits per heavy atom. The second-order valence-corrected chi connectivity index (χ2v) is 5.36. The Morgan fingerprint density at radius 2 is 2.14 bits per heavy atom. The summed E-state index contributed by atoms with van der Waals surface area (Å²) in [5.74, 6) is 1.51. The summed E-state index contributed by atoms with van der Waals surface area (Å²) >= 11 is 0. The quantitative estimate of drug-likeness (QED) is 0.938. The molecule has 2 heterocycles. The number of hydrogen-bond acceptors (Lipinski definition) is 3. The first-order chi connectivity index (χ1) is 10.7. The Morgan fingerprint density at radius 1 is 1.36 bits per heavy atom. The van der Waals surface area contributed by atoms with Gasteiger partial charge in [-0.15, -0.1) is 0 Å². The van der Waals surface area contributed by atoms with Crippen molar-refractivity contribution in [3.63, 3.8) is 0 Å². The van der Waals surface area contributed by atoms with Crippen molar-refractivity contribution >= 4 is 6.03 Å². The zero-order valence-corrected chi connectivity index (χ0v) is 12.8. The van der Waals surface area contributed by atoms with Crippen molar-refractivity contribution in [2.24, 2.45) is 7.05 Å². The predicted molar refractivity (Wildman–Crippen MR) is 82.8 cm³/mol. The number of nitrogens with zero attached hydrogens (tertiary/aromatic N) is 3. The molecule has 1 aliphatic heterocycles. The van der Waals surface area contributed by atoms with Gasteiger partial charge < -0.3 is 19.5 Å². The van der Waals surface area contributed by atoms with E-state index >= 15 is 0 Å². The Labute approximate surface area is 129 Å². The third-order valence-corrected chi connectivity index (χ3v) is 3.98. The number of benzene rings is 1. The molecule has 0 unspecified atom stereocenters. The summed E-state index contributed by atoms with van der Waals surface area (Å²) in [6, 6.07) is 7.28. The topological polar surface area (TPSA) is 59.4 Å². The Balaban J connectivity index is 1.95. The van der Waals surface area contributed by atoms with Crippen molar-refractivity contribution in [1.82, 2.24) is 19.8 Å². The standard InChI is InChI=1S/C16H20N4O2/c1-19-11-8-17-15(19)14(18-16(21)20-9-5-10-20)12-6-3-4-7-13(12)22-2/h3-4,6-8,11,14H,5,9-10H2,1-2H3,(H,18,21)/t14-/m0/s1. The monoisotopic (exact) mass is 300 g/mol. The second kappa shape index (κ2) is 6.09. The molecule has 6 heteroatoms. The van der Waals surface area contributed by atoms with Crippen LogP contribution >= 0.6 is 0 Å². The fourth-order valence-corrected chi connectivity index (χ4v) is 2.58. The van der Waals surface area contributed by atoms with E-state index in [-0.39, 0.29) is 12.1 Å². The zero-order chi connectivity index (χ0) is 15.5. The van der Waals surface area contributed by atoms with E-state index in [1.807, 2.05) is 42.1 Å². The minimum Gasteiger partial charge on any atom is -0.496 e. The largest absolute Gasteiger partial charge is 0.496 e. The van der Waals surface area contributed by atoms with Crippen molar-refractivity contribution in [3.05, 3.63) is 48.0 Å². The maximum absolute atomic E-state index is 12.4. The molecule has 1 aromatic heterocycles. The molecule has 2 amide bonds. The van der Waals surface area contributed by atoms with Crippen molar-refractivity contribution in [2.75, 3.05) is 20.2 Å². The van der Waals surface area contributed by atoms with Crippen LogP contribution in [-0.4, -0.2) is 40.7 Å². The van der Waals surface area contributed by atoms with Gasteiger partial charge in [0, 0.05) is 38.1 Å². The van der Waals surface area contributed by atoms with E-state index in [1.165, 1.54) is 0 Å². The van der Waals surface area contributed by atoms with Gasteiger partial charge >= 0.3 is 6.03 Å². The lowest BCUT2D eigenvalue weighted by atomic mass is 10.0. The molecule has 0 saturated carbocycles. The number of rotatable bonds is 4. The van der Waals surface area contributed by atoms with Gasteiger partial charge in [-0.3, -0.25) is 0 Å². The molecule has 116 valence electrons. The molecule has 0 aliphatic carbocycles. The first-order valence-electron chi connectivity index (χ1n) is 7.36. The summed E-state index contributed by atoms with van der Waals surface area (Å²) in [5, 5.41) is 3.08. The molecule has 1 aliphatic rings. The third kappa shape index (κ3) is 2.64. The summed E-state index contributed by atoms with van der Waals surface area (Å²) < 4.78 is 7.35. The van der Waals surface area contributed by atoms with E-state index in [1.54, 1.807) is 18.2 Å². The van der Waals surface area contributed by atoms with Crippen LogP contribution in [0.1, 0.15) is 23.9 Å². The first kappa shape index (κ1) is 14.4. The lowest BCUT2D eigenvalue weighted by molar-refractivity contribution is 0.165. The van der Waals surface area contributed by atoms with Crippen LogP contribution in [0.4, 0.5) is 4.79 Å². The molecule has 1 N–H and O–H groups in total. The number of hydrogen-bond donors (Lipinski definition) is 1. The lowest BCUT2D eigenvalue weighted by Gasteiger charge is -2.33. The van der Waals surface area contributed by atoms with Gasteiger partial charge in [0.15, 0.2) is 0 Å². The average Bonchev–Trinajstić information content (AvgIpc) is 2.89. The van der Waals surface area contributed by atoms with Crippen molar-refractivity contribution in [1.29, 1.82) is 0 Å². The Kier molecular flexibility index (Phi) is 4.00. The van der Waals surface area contributed by atoms with Gasteiger partial charge in [0.05, 0.1) is 7.11 Å². The summed E-state index contributed by atoms with van der Waals surface area (Å²) in [7, 11) is 3.55. The number of ether oxygens (including phenoxy) is 1. The van der Waals surface area contributed by atoms with Gasteiger partial charge in [-0.25, -0.2) is 9.78 Å². The second-order valence-electron chi connectivity index (χ2n) is 5.36. The van der Waals surface area contributed by atoms with Crippen LogP contribution in [0.25, 0.3) is 0 Å². The molecule has 2 aromatic rings. The first-order valence-corrected chi connectivity index (χ1v) is 7.36. The van der Waals surface area contributed by atoms with Crippen LogP contribution in [0.5, 0.6) is 5.75 Å². The van der Waals surface area contributed by atoms with Gasteiger partial charge in [0.2, 0.25) is 0 Å². The smallest absolute Gasteiger partial charge is 0.318 e. The number of amides is 2. The van der Waals surface area contributed by atoms with Gasteiger partial charge in [0.25, 0.3) is 0 Å². The van der Waals surface area contributed by atoms with Crippen LogP contribution in [0, 0.1) is 0 Å². The minimum atomic E-state index is -0.343. The predicted octanol–water partition coefficient (Wildman–Crippen LogP) is 1.93. The number of urea groups is 1. The number of imidazole rings is 1. The molecule has 6 nitrogen and oxygen atoms in total. The highest BCUT2D eigenvalue weighted by Crippen LogP contribution is 2.29. The molecule has 1 fully saturated rings. The fraction of sp³-hybridized carbons (Fsp3) is 0.375. The van der Waals surface area contributed by atoms with Crippen molar-refractivity contribution in [2.45, 2.75) is 12.5 Å². The van der Waals surface area contributed by atoms with E-state index in [0.717, 1.165) is 36.6 Å². The van der Waals surface area contributed by atoms with E-state index in [2.05, 4.69) is 10.3 Å². The zero-order valence-electron chi connectivity index (χ0n) is 12.8. The molecular formula is C16H20N4O2. The van der Waals surface area contributed by atoms with Crippen LogP contribution in [0.15, 0.2) is 36.7 Å². The molecule has 1 atom stereocenters. The van der Waals surface area contributed by atoms with E-state index in [9.17, 15) is 4.79 Å². The number of carbonyl (C=O) groups is 1. The molecule has 22 heavy (non-hydrogen) atoms. The van der Waals surface area contributed by atoms with Crippen LogP contribution < -0.4 is 10.1 Å². The number of nitrogens with one attached hydrogen (secondary N) is 1. The molecule has 0 radical (unpaired) electrons. The van der Waals surface area contributed by atoms with Crippen molar-refractivity contribution in [3.8, 4) is 5.75 Å². The van der Waals surface area contributed by atoms with E-state index in [0.29, 0.717) is 0 Å². The van der Waals surface area contributed by atoms with Crippen LogP contribution in [-0.2, 0) is 7.05 Å². The number of likely N-dealkylation sites (tertiary alicyclic amines) is 1. The maximum atomic E-state index is 12.4. The number of para-hydroxylation sites is 1. The van der Waals surface area contributed by atoms with Gasteiger partial charge in [-0.05, 0) is 12.5 Å². The molecule has 0 spiro atoms. The highest BCUT2D eigenvalue weighted by Gasteiger charge is 2.27. The van der Waals surface area contributed by atoms with E-state index in [4.69, 9.17) is 4.74 Å². The highest BCUT2D eigenvalue weighted by atomic mass is 16.5. The number of methoxy groups -OCH3 is 1. The molecule has 1 saturated heterocycles. The molecular weight excluding hydrogens is 280 g/mol. The lowest BCUT2D eigenvalue weighted by Crippen LogP contribution is -2.49. The molecule has 0 bridgehead atoms. The number of aryl methyl sites for hydroxylation is 1. The third-order valence-electron chi connectivity index (χ3n) is 3.98. The highest BCUT2D eigenvalue weighted by molar-refractivity contribution is 5.76. The van der Waals surface area contributed by atoms with Gasteiger partial charge in [-0.1, -0.05) is 18.2 Å². The van der Waals surface area contributed by atoms with Crippen molar-refractivity contribution < 1.29 is 9.53 Å². The SMILES string of the molecule is COc1ccccc1[C@H](NC(=O)N1CCC1)c1nccn1C. The van der Waals surface area contributed by atoms with Crippen LogP contribution in [0.2, 0.25) is 0 Å². The minimum absolute atomic E-state index is 0.0647. The Hall–Kier alpha value is -2.50. The number of carbonyl (C=O) groups excluding carboxylic acids is 1. The van der Waals surface area contributed by atoms with Gasteiger partial charge in [0.1, 0.15) is 17.6 Å². The average molecular weight is 300 g/mol. The summed E-state index contributed by atoms with van der Waals surface area (Å²) in [6.45, 7) is 1.62. The number of aromatic nitrogens is 2. The summed E-state index contributed by atoms with van der Waals surface area (Å²) in [5.41, 5.74) is 0.896. The Bertz CT molecular complexity index is 664. The summed E-state index contributed by atoms with van der Waals surface area (Å²) in [6.07, 6.45) is 4.66. The van der Waals surface area contributed by atoms with Crippen LogP contribution in [0.3, 0.4) is 0 Å². The molecule has 1 aromatic carbocycles. The van der Waals surface area contributed by atoms with E-state index < -0.39 is 0 Å². The molecule has 3 rings (SSSR count). The normalized spacial score (nSPS) is 15.1. The maximum Gasteiger partial charge on any atom is 0.318 e.